The molecule has 4 aliphatic rings. The van der Waals surface area contributed by atoms with E-state index in [2.05, 4.69) is 34.3 Å². The number of hydrogen-bond acceptors (Lipinski definition) is 8. The second kappa shape index (κ2) is 10.2. The van der Waals surface area contributed by atoms with E-state index in [1.807, 2.05) is 6.08 Å². The first-order valence-corrected chi connectivity index (χ1v) is 13.8. The van der Waals surface area contributed by atoms with Gasteiger partial charge in [-0.25, -0.2) is 0 Å². The Morgan fingerprint density at radius 2 is 1.73 bits per heavy atom. The van der Waals surface area contributed by atoms with Crippen LogP contribution >= 0.6 is 0 Å². The third kappa shape index (κ3) is 5.36. The van der Waals surface area contributed by atoms with E-state index in [4.69, 9.17) is 23.7 Å². The molecule has 0 spiro atoms. The van der Waals surface area contributed by atoms with Gasteiger partial charge in [-0.3, -0.25) is 9.59 Å². The molecular weight excluding hydrogens is 476 g/mol. The van der Waals surface area contributed by atoms with Gasteiger partial charge in [0.2, 0.25) is 0 Å². The lowest BCUT2D eigenvalue weighted by molar-refractivity contribution is -0.264. The second-order valence-corrected chi connectivity index (χ2v) is 12.8. The highest BCUT2D eigenvalue weighted by Crippen LogP contribution is 2.65. The van der Waals surface area contributed by atoms with Crippen molar-refractivity contribution in [2.45, 2.75) is 122 Å². The quantitative estimate of drug-likeness (QED) is 0.390. The molecule has 0 aromatic carbocycles. The van der Waals surface area contributed by atoms with Gasteiger partial charge in [0.1, 0.15) is 18.8 Å². The number of carbonyl (C=O) groups excluding carboxylic acids is 2. The Hall–Kier alpha value is -1.48. The summed E-state index contributed by atoms with van der Waals surface area (Å²) in [5, 5.41) is 10.7. The van der Waals surface area contributed by atoms with Crippen LogP contribution in [0.1, 0.15) is 86.5 Å². The van der Waals surface area contributed by atoms with E-state index in [-0.39, 0.29) is 28.6 Å². The van der Waals surface area contributed by atoms with Gasteiger partial charge in [0.25, 0.3) is 0 Å². The maximum atomic E-state index is 11.7. The van der Waals surface area contributed by atoms with Gasteiger partial charge >= 0.3 is 11.9 Å². The Kier molecular flexibility index (Phi) is 7.90. The molecule has 2 heterocycles. The molecule has 8 nitrogen and oxygen atoms in total. The monoisotopic (exact) mass is 522 g/mol. The summed E-state index contributed by atoms with van der Waals surface area (Å²) in [7, 11) is 0. The first-order valence-electron chi connectivity index (χ1n) is 13.8. The minimum Gasteiger partial charge on any atom is -0.463 e. The largest absolute Gasteiger partial charge is 0.463 e. The van der Waals surface area contributed by atoms with Crippen molar-refractivity contribution in [2.24, 2.45) is 22.7 Å². The van der Waals surface area contributed by atoms with Gasteiger partial charge in [0, 0.05) is 13.8 Å². The highest BCUT2D eigenvalue weighted by Gasteiger charge is 2.62. The molecule has 37 heavy (non-hydrogen) atoms. The van der Waals surface area contributed by atoms with E-state index in [9.17, 15) is 14.7 Å². The maximum absolute atomic E-state index is 11.7. The van der Waals surface area contributed by atoms with Gasteiger partial charge in [-0.1, -0.05) is 26.3 Å². The van der Waals surface area contributed by atoms with Crippen molar-refractivity contribution in [3.8, 4) is 0 Å². The van der Waals surface area contributed by atoms with Gasteiger partial charge < -0.3 is 28.8 Å². The minimum absolute atomic E-state index is 0.101. The lowest BCUT2D eigenvalue weighted by Gasteiger charge is -2.65. The number of rotatable bonds is 7. The SMILES string of the molecule is C=C[C@]1(C)CC[C@H]2[C@@](C)(CCC3[C@@](C)(CO[C@@H]4O[C@@H](COC(C)=O)[C@H](O)[C@H]4OC(C)=O)CCC[C@@]32C)O1. The molecule has 2 aliphatic carbocycles. The average Bonchev–Trinajstić information content (AvgIpc) is 3.09. The number of aliphatic hydroxyl groups is 1. The first-order chi connectivity index (χ1) is 17.3. The highest BCUT2D eigenvalue weighted by molar-refractivity contribution is 5.66. The summed E-state index contributed by atoms with van der Waals surface area (Å²) in [5.41, 5.74) is -0.426. The fraction of sp³-hybridized carbons (Fsp3) is 0.862. The van der Waals surface area contributed by atoms with Crippen LogP contribution in [0.4, 0.5) is 0 Å². The zero-order chi connectivity index (χ0) is 27.2. The molecule has 0 aromatic heterocycles. The number of fused-ring (bicyclic) bond motifs is 3. The molecule has 10 atom stereocenters. The van der Waals surface area contributed by atoms with Crippen LogP contribution in [0.2, 0.25) is 0 Å². The first kappa shape index (κ1) is 28.5. The van der Waals surface area contributed by atoms with Crippen molar-refractivity contribution >= 4 is 11.9 Å². The Bertz CT molecular complexity index is 891. The molecule has 0 radical (unpaired) electrons. The van der Waals surface area contributed by atoms with Crippen molar-refractivity contribution in [3.05, 3.63) is 12.7 Å². The molecule has 1 unspecified atom stereocenters. The zero-order valence-electron chi connectivity index (χ0n) is 23.4. The van der Waals surface area contributed by atoms with E-state index in [1.54, 1.807) is 0 Å². The summed E-state index contributed by atoms with van der Waals surface area (Å²) >= 11 is 0. The third-order valence-electron chi connectivity index (χ3n) is 10.0. The van der Waals surface area contributed by atoms with Gasteiger partial charge in [0.05, 0.1) is 17.8 Å². The molecule has 4 rings (SSSR count). The molecule has 4 fully saturated rings. The van der Waals surface area contributed by atoms with Crippen LogP contribution in [0.25, 0.3) is 0 Å². The van der Waals surface area contributed by atoms with Crippen molar-refractivity contribution in [3.63, 3.8) is 0 Å². The standard InChI is InChI=1S/C29H46O8/c1-8-27(5)14-10-22-28(6)13-9-12-26(4,21(28)11-15-29(22,7)37-27)17-34-25-24(35-19(3)31)23(32)20(36-25)16-33-18(2)30/h8,20-25,32H,1,9-17H2,2-7H3/t20-,21?,22+,23-,24+,25+,26+,27+,28-,29+/m0/s1. The number of hydrogen-bond donors (Lipinski definition) is 1. The van der Waals surface area contributed by atoms with Crippen LogP contribution in [-0.4, -0.2) is 66.1 Å². The van der Waals surface area contributed by atoms with E-state index >= 15 is 0 Å². The normalized spacial score (nSPS) is 47.4. The predicted octanol–water partition coefficient (Wildman–Crippen LogP) is 4.32. The average molecular weight is 523 g/mol. The summed E-state index contributed by atoms with van der Waals surface area (Å²) in [5.74, 6) is -0.0967. The Labute approximate surface area is 221 Å². The van der Waals surface area contributed by atoms with Crippen molar-refractivity contribution in [1.29, 1.82) is 0 Å². The molecule has 8 heteroatoms. The summed E-state index contributed by atoms with van der Waals surface area (Å²) in [4.78, 5) is 23.0. The Balaban J connectivity index is 1.49. The fourth-order valence-electron chi connectivity index (χ4n) is 8.27. The molecule has 0 bridgehead atoms. The maximum Gasteiger partial charge on any atom is 0.303 e. The van der Waals surface area contributed by atoms with E-state index in [0.717, 1.165) is 38.5 Å². The molecule has 0 amide bonds. The number of aliphatic hydroxyl groups excluding tert-OH is 1. The number of carbonyl (C=O) groups is 2. The van der Waals surface area contributed by atoms with Gasteiger partial charge in [-0.15, -0.1) is 6.58 Å². The summed E-state index contributed by atoms with van der Waals surface area (Å²) in [6.45, 7) is 16.1. The molecule has 0 aromatic rings. The van der Waals surface area contributed by atoms with E-state index < -0.39 is 36.5 Å². The third-order valence-corrected chi connectivity index (χ3v) is 10.0. The van der Waals surface area contributed by atoms with Gasteiger partial charge in [-0.05, 0) is 75.0 Å². The Morgan fingerprint density at radius 1 is 1.03 bits per heavy atom. The zero-order valence-corrected chi connectivity index (χ0v) is 23.4. The molecule has 1 N–H and O–H groups in total. The van der Waals surface area contributed by atoms with Crippen molar-refractivity contribution < 1.29 is 38.4 Å². The van der Waals surface area contributed by atoms with Crippen LogP contribution in [0.15, 0.2) is 12.7 Å². The van der Waals surface area contributed by atoms with Crippen molar-refractivity contribution in [1.82, 2.24) is 0 Å². The summed E-state index contributed by atoms with van der Waals surface area (Å²) < 4.78 is 29.4. The van der Waals surface area contributed by atoms with Gasteiger partial charge in [-0.2, -0.15) is 0 Å². The summed E-state index contributed by atoms with van der Waals surface area (Å²) in [6, 6.07) is 0. The molecule has 2 aliphatic heterocycles. The highest BCUT2D eigenvalue weighted by atomic mass is 16.7. The van der Waals surface area contributed by atoms with Crippen LogP contribution in [0, 0.1) is 22.7 Å². The topological polar surface area (TPSA) is 101 Å². The molecule has 2 saturated heterocycles. The molecular formula is C29H46O8. The number of esters is 2. The molecule has 2 saturated carbocycles. The van der Waals surface area contributed by atoms with Crippen molar-refractivity contribution in [2.75, 3.05) is 13.2 Å². The van der Waals surface area contributed by atoms with E-state index in [0.29, 0.717) is 18.4 Å². The minimum atomic E-state index is -1.15. The van der Waals surface area contributed by atoms with Crippen LogP contribution in [0.5, 0.6) is 0 Å². The fourth-order valence-corrected chi connectivity index (χ4v) is 8.27. The lowest BCUT2D eigenvalue weighted by atomic mass is 9.44. The van der Waals surface area contributed by atoms with Crippen LogP contribution < -0.4 is 0 Å². The van der Waals surface area contributed by atoms with Crippen LogP contribution in [-0.2, 0) is 33.3 Å². The lowest BCUT2D eigenvalue weighted by Crippen LogP contribution is -2.63. The molecule has 210 valence electrons. The second-order valence-electron chi connectivity index (χ2n) is 12.8. The van der Waals surface area contributed by atoms with Crippen LogP contribution in [0.3, 0.4) is 0 Å². The predicted molar refractivity (Wildman–Crippen MR) is 136 cm³/mol. The summed E-state index contributed by atoms with van der Waals surface area (Å²) in [6.07, 6.45) is 5.54. The number of ether oxygens (including phenoxy) is 5. The Morgan fingerprint density at radius 3 is 2.38 bits per heavy atom. The smallest absolute Gasteiger partial charge is 0.303 e. The van der Waals surface area contributed by atoms with Gasteiger partial charge in [0.15, 0.2) is 12.4 Å². The van der Waals surface area contributed by atoms with E-state index in [1.165, 1.54) is 20.3 Å².